The van der Waals surface area contributed by atoms with E-state index in [1.165, 1.54) is 51.4 Å². The lowest BCUT2D eigenvalue weighted by Gasteiger charge is -2.44. The zero-order chi connectivity index (χ0) is 14.2. The molecule has 0 aromatic carbocycles. The second-order valence-electron chi connectivity index (χ2n) is 7.40. The Hall–Kier alpha value is -0.220. The van der Waals surface area contributed by atoms with Crippen molar-refractivity contribution in [2.75, 3.05) is 12.3 Å². The Morgan fingerprint density at radius 1 is 1.05 bits per heavy atom. The van der Waals surface area contributed by atoms with Gasteiger partial charge in [-0.15, -0.1) is 0 Å². The van der Waals surface area contributed by atoms with Crippen LogP contribution in [0.2, 0.25) is 0 Å². The maximum Gasteiger partial charge on any atom is 0.240 e. The van der Waals surface area contributed by atoms with Crippen molar-refractivity contribution in [2.24, 2.45) is 5.92 Å². The molecule has 0 aromatic heterocycles. The van der Waals surface area contributed by atoms with Crippen LogP contribution in [-0.2, 0) is 4.79 Å². The minimum absolute atomic E-state index is 0.128. The largest absolute Gasteiger partial charge is 0.336 e. The van der Waals surface area contributed by atoms with Crippen LogP contribution in [0, 0.1) is 5.92 Å². The van der Waals surface area contributed by atoms with E-state index in [0.717, 1.165) is 29.9 Å². The summed E-state index contributed by atoms with van der Waals surface area (Å²) in [6.07, 6.45) is 11.7. The molecule has 4 aliphatic rings. The van der Waals surface area contributed by atoms with Gasteiger partial charge in [-0.3, -0.25) is 4.79 Å². The van der Waals surface area contributed by atoms with Crippen LogP contribution in [0.25, 0.3) is 0 Å². The summed E-state index contributed by atoms with van der Waals surface area (Å²) in [6.45, 7) is 0.984. The van der Waals surface area contributed by atoms with Gasteiger partial charge in [0.1, 0.15) is 0 Å². The van der Waals surface area contributed by atoms with Crippen molar-refractivity contribution in [2.45, 2.75) is 81.2 Å². The molecule has 21 heavy (non-hydrogen) atoms. The fourth-order valence-electron chi connectivity index (χ4n) is 5.08. The number of amides is 1. The maximum atomic E-state index is 13.1. The SMILES string of the molecule is O=C(C1CC2CCCCC2N1)N1CCSC2CCCCC21. The maximum absolute atomic E-state index is 13.1. The molecular weight excluding hydrogens is 280 g/mol. The molecule has 5 unspecified atom stereocenters. The normalized spacial score (nSPS) is 43.2. The lowest BCUT2D eigenvalue weighted by molar-refractivity contribution is -0.136. The topological polar surface area (TPSA) is 32.3 Å². The molecule has 0 spiro atoms. The van der Waals surface area contributed by atoms with Crippen LogP contribution < -0.4 is 5.32 Å². The standard InChI is InChI=1S/C17H28N2OS/c20-17(14-11-12-5-1-2-6-13(12)18-14)19-9-10-21-16-8-4-3-7-15(16)19/h12-16,18H,1-11H2. The van der Waals surface area contributed by atoms with Gasteiger partial charge in [-0.2, -0.15) is 11.8 Å². The van der Waals surface area contributed by atoms with E-state index in [1.54, 1.807) is 0 Å². The van der Waals surface area contributed by atoms with Gasteiger partial charge in [-0.05, 0) is 38.0 Å². The summed E-state index contributed by atoms with van der Waals surface area (Å²) in [5.41, 5.74) is 0. The molecule has 4 rings (SSSR count). The fourth-order valence-corrected chi connectivity index (χ4v) is 6.52. The van der Waals surface area contributed by atoms with Gasteiger partial charge >= 0.3 is 0 Å². The van der Waals surface area contributed by atoms with E-state index < -0.39 is 0 Å². The monoisotopic (exact) mass is 308 g/mol. The van der Waals surface area contributed by atoms with Crippen molar-refractivity contribution in [1.82, 2.24) is 10.2 Å². The molecule has 2 saturated heterocycles. The van der Waals surface area contributed by atoms with E-state index in [0.29, 0.717) is 18.0 Å². The summed E-state index contributed by atoms with van der Waals surface area (Å²) in [4.78, 5) is 15.3. The van der Waals surface area contributed by atoms with Gasteiger partial charge in [0, 0.05) is 29.6 Å². The van der Waals surface area contributed by atoms with Crippen molar-refractivity contribution in [3.05, 3.63) is 0 Å². The lowest BCUT2D eigenvalue weighted by atomic mass is 9.85. The molecule has 5 atom stereocenters. The highest BCUT2D eigenvalue weighted by molar-refractivity contribution is 8.00. The third-order valence-corrected chi connectivity index (χ3v) is 7.57. The Morgan fingerprint density at radius 2 is 1.86 bits per heavy atom. The van der Waals surface area contributed by atoms with E-state index in [1.807, 2.05) is 0 Å². The number of nitrogens with zero attached hydrogens (tertiary/aromatic N) is 1. The lowest BCUT2D eigenvalue weighted by Crippen LogP contribution is -2.56. The van der Waals surface area contributed by atoms with Crippen LogP contribution in [0.4, 0.5) is 0 Å². The first kappa shape index (κ1) is 14.4. The number of hydrogen-bond acceptors (Lipinski definition) is 3. The number of rotatable bonds is 1. The number of carbonyl (C=O) groups is 1. The van der Waals surface area contributed by atoms with Crippen molar-refractivity contribution in [3.63, 3.8) is 0 Å². The van der Waals surface area contributed by atoms with Crippen molar-refractivity contribution < 1.29 is 4.79 Å². The summed E-state index contributed by atoms with van der Waals surface area (Å²) in [5.74, 6) is 2.35. The Balaban J connectivity index is 1.44. The van der Waals surface area contributed by atoms with Crippen LogP contribution >= 0.6 is 11.8 Å². The number of thioether (sulfide) groups is 1. The van der Waals surface area contributed by atoms with Crippen LogP contribution in [0.5, 0.6) is 0 Å². The fraction of sp³-hybridized carbons (Fsp3) is 0.941. The molecule has 4 heteroatoms. The Bertz CT molecular complexity index is 386. The van der Waals surface area contributed by atoms with E-state index in [-0.39, 0.29) is 6.04 Å². The highest BCUT2D eigenvalue weighted by Gasteiger charge is 2.43. The molecule has 0 bridgehead atoms. The quantitative estimate of drug-likeness (QED) is 0.808. The number of nitrogens with one attached hydrogen (secondary N) is 1. The highest BCUT2D eigenvalue weighted by Crippen LogP contribution is 2.38. The van der Waals surface area contributed by atoms with Crippen LogP contribution in [0.15, 0.2) is 0 Å². The average molecular weight is 308 g/mol. The van der Waals surface area contributed by atoms with E-state index >= 15 is 0 Å². The number of hydrogen-bond donors (Lipinski definition) is 1. The highest BCUT2D eigenvalue weighted by atomic mass is 32.2. The molecule has 1 N–H and O–H groups in total. The predicted octanol–water partition coefficient (Wildman–Crippen LogP) is 2.79. The third-order valence-electron chi connectivity index (χ3n) is 6.18. The minimum Gasteiger partial charge on any atom is -0.336 e. The molecule has 0 radical (unpaired) electrons. The smallest absolute Gasteiger partial charge is 0.240 e. The minimum atomic E-state index is 0.128. The number of carbonyl (C=O) groups excluding carboxylic acids is 1. The van der Waals surface area contributed by atoms with Gasteiger partial charge in [0.15, 0.2) is 0 Å². The zero-order valence-corrected chi connectivity index (χ0v) is 13.7. The Kier molecular flexibility index (Phi) is 4.19. The summed E-state index contributed by atoms with van der Waals surface area (Å²) in [6, 6.07) is 1.30. The predicted molar refractivity (Wildman–Crippen MR) is 87.5 cm³/mol. The zero-order valence-electron chi connectivity index (χ0n) is 12.9. The van der Waals surface area contributed by atoms with E-state index in [4.69, 9.17) is 0 Å². The molecule has 4 fully saturated rings. The first-order valence-corrected chi connectivity index (χ1v) is 10.1. The van der Waals surface area contributed by atoms with Gasteiger partial charge in [-0.1, -0.05) is 25.7 Å². The number of fused-ring (bicyclic) bond motifs is 2. The summed E-state index contributed by atoms with van der Waals surface area (Å²) >= 11 is 2.12. The Morgan fingerprint density at radius 3 is 2.76 bits per heavy atom. The van der Waals surface area contributed by atoms with Crippen molar-refractivity contribution in [1.29, 1.82) is 0 Å². The average Bonchev–Trinajstić information content (AvgIpc) is 2.97. The van der Waals surface area contributed by atoms with Crippen LogP contribution in [0.1, 0.15) is 57.8 Å². The van der Waals surface area contributed by atoms with Gasteiger partial charge in [0.25, 0.3) is 0 Å². The summed E-state index contributed by atoms with van der Waals surface area (Å²) in [7, 11) is 0. The van der Waals surface area contributed by atoms with Gasteiger partial charge < -0.3 is 10.2 Å². The van der Waals surface area contributed by atoms with E-state index in [9.17, 15) is 4.79 Å². The van der Waals surface area contributed by atoms with Gasteiger partial charge in [0.05, 0.1) is 6.04 Å². The van der Waals surface area contributed by atoms with Gasteiger partial charge in [0.2, 0.25) is 5.91 Å². The molecular formula is C17H28N2OS. The first-order valence-electron chi connectivity index (χ1n) is 9.01. The van der Waals surface area contributed by atoms with Gasteiger partial charge in [-0.25, -0.2) is 0 Å². The molecule has 2 aliphatic carbocycles. The second kappa shape index (κ2) is 6.11. The molecule has 2 saturated carbocycles. The van der Waals surface area contributed by atoms with E-state index in [2.05, 4.69) is 22.0 Å². The summed E-state index contributed by atoms with van der Waals surface area (Å²) < 4.78 is 0. The van der Waals surface area contributed by atoms with Crippen molar-refractivity contribution >= 4 is 17.7 Å². The molecule has 0 aromatic rings. The summed E-state index contributed by atoms with van der Waals surface area (Å²) in [5, 5.41) is 4.41. The Labute approximate surface area is 132 Å². The third kappa shape index (κ3) is 2.74. The first-order chi connectivity index (χ1) is 10.3. The van der Waals surface area contributed by atoms with Crippen LogP contribution in [0.3, 0.4) is 0 Å². The second-order valence-corrected chi connectivity index (χ2v) is 8.75. The molecule has 118 valence electrons. The van der Waals surface area contributed by atoms with Crippen molar-refractivity contribution in [3.8, 4) is 0 Å². The van der Waals surface area contributed by atoms with Crippen LogP contribution in [-0.4, -0.2) is 46.5 Å². The molecule has 1 amide bonds. The molecule has 2 heterocycles. The molecule has 2 aliphatic heterocycles. The molecule has 3 nitrogen and oxygen atoms in total.